The number of aromatic nitrogens is 1. The fourth-order valence-corrected chi connectivity index (χ4v) is 4.88. The predicted molar refractivity (Wildman–Crippen MR) is 131 cm³/mol. The van der Waals surface area contributed by atoms with Gasteiger partial charge in [0, 0.05) is 18.3 Å². The maximum Gasteiger partial charge on any atom is 0.251 e. The first-order valence-electron chi connectivity index (χ1n) is 12.1. The standard InChI is InChI=1S/C26H33N5O3/c1-17(27-2)24(32)30-22(18-10-5-3-6-11-18)26(34)31-21(16-19-12-9-15-28-23(19)31)25(33)29-20-13-7-4-8-14-20/h4,7-9,12-15,17-18,21-22,27H,3,5-6,10-11,16H2,1-2H3,(H,29,33)(H,30,32)/t17-,21+,22-/m0/s1. The number of fused-ring (bicyclic) bond motifs is 1. The number of para-hydroxylation sites is 1. The first-order valence-corrected chi connectivity index (χ1v) is 12.1. The molecule has 1 aliphatic heterocycles. The molecular formula is C26H33N5O3. The third-order valence-electron chi connectivity index (χ3n) is 6.91. The monoisotopic (exact) mass is 463 g/mol. The number of rotatable bonds is 7. The van der Waals surface area contributed by atoms with Crippen LogP contribution in [0.2, 0.25) is 0 Å². The van der Waals surface area contributed by atoms with Crippen molar-refractivity contribution < 1.29 is 14.4 Å². The molecule has 1 aromatic carbocycles. The molecule has 0 bridgehead atoms. The van der Waals surface area contributed by atoms with Crippen molar-refractivity contribution in [3.63, 3.8) is 0 Å². The van der Waals surface area contributed by atoms with Gasteiger partial charge in [-0.15, -0.1) is 0 Å². The third-order valence-corrected chi connectivity index (χ3v) is 6.91. The van der Waals surface area contributed by atoms with Crippen molar-refractivity contribution in [3.8, 4) is 0 Å². The molecule has 3 N–H and O–H groups in total. The summed E-state index contributed by atoms with van der Waals surface area (Å²) in [6.07, 6.45) is 6.94. The number of anilines is 2. The van der Waals surface area contributed by atoms with E-state index in [-0.39, 0.29) is 23.6 Å². The molecular weight excluding hydrogens is 430 g/mol. The van der Waals surface area contributed by atoms with Crippen LogP contribution in [0.4, 0.5) is 11.5 Å². The summed E-state index contributed by atoms with van der Waals surface area (Å²) in [7, 11) is 1.71. The molecule has 3 atom stereocenters. The summed E-state index contributed by atoms with van der Waals surface area (Å²) < 4.78 is 0. The van der Waals surface area contributed by atoms with Gasteiger partial charge in [0.1, 0.15) is 17.9 Å². The lowest BCUT2D eigenvalue weighted by Gasteiger charge is -2.35. The maximum atomic E-state index is 14.1. The summed E-state index contributed by atoms with van der Waals surface area (Å²) >= 11 is 0. The average molecular weight is 464 g/mol. The summed E-state index contributed by atoms with van der Waals surface area (Å²) in [5, 5.41) is 8.87. The number of nitrogens with one attached hydrogen (secondary N) is 3. The minimum Gasteiger partial charge on any atom is -0.343 e. The second kappa shape index (κ2) is 10.8. The van der Waals surface area contributed by atoms with E-state index in [1.165, 1.54) is 4.90 Å². The molecule has 2 aliphatic rings. The lowest BCUT2D eigenvalue weighted by atomic mass is 9.83. The second-order valence-electron chi connectivity index (χ2n) is 9.16. The van der Waals surface area contributed by atoms with E-state index < -0.39 is 18.1 Å². The molecule has 180 valence electrons. The molecule has 4 rings (SSSR count). The molecule has 2 heterocycles. The van der Waals surface area contributed by atoms with Crippen LogP contribution in [-0.2, 0) is 20.8 Å². The Morgan fingerprint density at radius 3 is 2.47 bits per heavy atom. The Hall–Kier alpha value is -3.26. The van der Waals surface area contributed by atoms with Crippen molar-refractivity contribution in [2.45, 2.75) is 63.6 Å². The zero-order valence-electron chi connectivity index (χ0n) is 19.8. The SMILES string of the molecule is CN[C@@H](C)C(=O)N[C@H](C(=O)N1c2ncccc2C[C@@H]1C(=O)Nc1ccccc1)C1CCCCC1. The summed E-state index contributed by atoms with van der Waals surface area (Å²) in [6.45, 7) is 1.76. The van der Waals surface area contributed by atoms with E-state index in [0.29, 0.717) is 17.9 Å². The number of benzene rings is 1. The topological polar surface area (TPSA) is 103 Å². The van der Waals surface area contributed by atoms with Crippen LogP contribution >= 0.6 is 0 Å². The highest BCUT2D eigenvalue weighted by molar-refractivity contribution is 6.09. The van der Waals surface area contributed by atoms with Crippen LogP contribution < -0.4 is 20.9 Å². The zero-order valence-corrected chi connectivity index (χ0v) is 19.8. The quantitative estimate of drug-likeness (QED) is 0.586. The molecule has 1 aromatic heterocycles. The molecule has 1 aliphatic carbocycles. The van der Waals surface area contributed by atoms with E-state index in [9.17, 15) is 14.4 Å². The minimum atomic E-state index is -0.734. The first-order chi connectivity index (χ1) is 16.5. The van der Waals surface area contributed by atoms with Gasteiger partial charge in [-0.1, -0.05) is 43.5 Å². The Morgan fingerprint density at radius 1 is 1.03 bits per heavy atom. The van der Waals surface area contributed by atoms with Crippen LogP contribution in [0, 0.1) is 5.92 Å². The van der Waals surface area contributed by atoms with Crippen molar-refractivity contribution in [1.82, 2.24) is 15.6 Å². The number of likely N-dealkylation sites (N-methyl/N-ethyl adjacent to an activating group) is 1. The fraction of sp³-hybridized carbons (Fsp3) is 0.462. The Bertz CT molecular complexity index is 1020. The number of hydrogen-bond acceptors (Lipinski definition) is 5. The maximum absolute atomic E-state index is 14.1. The van der Waals surface area contributed by atoms with E-state index >= 15 is 0 Å². The number of carbonyl (C=O) groups excluding carboxylic acids is 3. The van der Waals surface area contributed by atoms with Crippen molar-refractivity contribution in [1.29, 1.82) is 0 Å². The van der Waals surface area contributed by atoms with Gasteiger partial charge >= 0.3 is 0 Å². The van der Waals surface area contributed by atoms with E-state index in [2.05, 4.69) is 20.9 Å². The fourth-order valence-electron chi connectivity index (χ4n) is 4.88. The Kier molecular flexibility index (Phi) is 7.57. The average Bonchev–Trinajstić information content (AvgIpc) is 3.27. The molecule has 8 heteroatoms. The van der Waals surface area contributed by atoms with Crippen LogP contribution in [0.25, 0.3) is 0 Å². The largest absolute Gasteiger partial charge is 0.343 e. The molecule has 0 saturated heterocycles. The molecule has 3 amide bonds. The highest BCUT2D eigenvalue weighted by Crippen LogP contribution is 2.34. The van der Waals surface area contributed by atoms with Crippen molar-refractivity contribution in [2.75, 3.05) is 17.3 Å². The Morgan fingerprint density at radius 2 is 1.76 bits per heavy atom. The lowest BCUT2D eigenvalue weighted by Crippen LogP contribution is -2.58. The number of carbonyl (C=O) groups is 3. The normalized spacial score (nSPS) is 19.7. The number of nitrogens with zero attached hydrogens (tertiary/aromatic N) is 2. The van der Waals surface area contributed by atoms with Gasteiger partial charge in [-0.2, -0.15) is 0 Å². The molecule has 0 radical (unpaired) electrons. The summed E-state index contributed by atoms with van der Waals surface area (Å²) in [6, 6.07) is 11.0. The van der Waals surface area contributed by atoms with Gasteiger partial charge < -0.3 is 16.0 Å². The van der Waals surface area contributed by atoms with Crippen LogP contribution in [-0.4, -0.2) is 47.9 Å². The van der Waals surface area contributed by atoms with Gasteiger partial charge in [0.2, 0.25) is 11.8 Å². The minimum absolute atomic E-state index is 0.0276. The Labute approximate surface area is 200 Å². The van der Waals surface area contributed by atoms with Gasteiger partial charge in [0.25, 0.3) is 5.91 Å². The third kappa shape index (κ3) is 5.12. The zero-order chi connectivity index (χ0) is 24.1. The van der Waals surface area contributed by atoms with Crippen LogP contribution in [0.15, 0.2) is 48.7 Å². The van der Waals surface area contributed by atoms with Crippen molar-refractivity contribution in [3.05, 3.63) is 54.2 Å². The van der Waals surface area contributed by atoms with Gasteiger partial charge in [-0.25, -0.2) is 4.98 Å². The molecule has 8 nitrogen and oxygen atoms in total. The first kappa shape index (κ1) is 23.9. The molecule has 2 aromatic rings. The Balaban J connectivity index is 1.64. The molecule has 34 heavy (non-hydrogen) atoms. The molecule has 1 saturated carbocycles. The summed E-state index contributed by atoms with van der Waals surface area (Å²) in [5.41, 5.74) is 1.52. The number of pyridine rings is 1. The highest BCUT2D eigenvalue weighted by Gasteiger charge is 2.44. The van der Waals surface area contributed by atoms with Gasteiger partial charge in [0.05, 0.1) is 6.04 Å². The predicted octanol–water partition coefficient (Wildman–Crippen LogP) is 2.65. The van der Waals surface area contributed by atoms with E-state index in [4.69, 9.17) is 0 Å². The van der Waals surface area contributed by atoms with Gasteiger partial charge in [-0.3, -0.25) is 19.3 Å². The second-order valence-corrected chi connectivity index (χ2v) is 9.16. The van der Waals surface area contributed by atoms with Gasteiger partial charge in [-0.05, 0) is 56.5 Å². The van der Waals surface area contributed by atoms with Crippen LogP contribution in [0.5, 0.6) is 0 Å². The highest BCUT2D eigenvalue weighted by atomic mass is 16.2. The number of hydrogen-bond donors (Lipinski definition) is 3. The van der Waals surface area contributed by atoms with Gasteiger partial charge in [0.15, 0.2) is 0 Å². The van der Waals surface area contributed by atoms with E-state index in [0.717, 1.165) is 37.7 Å². The lowest BCUT2D eigenvalue weighted by molar-refractivity contribution is -0.131. The van der Waals surface area contributed by atoms with E-state index in [1.54, 1.807) is 20.2 Å². The van der Waals surface area contributed by atoms with E-state index in [1.807, 2.05) is 42.5 Å². The molecule has 0 spiro atoms. The smallest absolute Gasteiger partial charge is 0.251 e. The summed E-state index contributed by atoms with van der Waals surface area (Å²) in [5.74, 6) is -0.237. The van der Waals surface area contributed by atoms with Crippen molar-refractivity contribution >= 4 is 29.2 Å². The molecule has 0 unspecified atom stereocenters. The number of amides is 3. The van der Waals surface area contributed by atoms with Crippen molar-refractivity contribution in [2.24, 2.45) is 5.92 Å². The van der Waals surface area contributed by atoms with Crippen LogP contribution in [0.1, 0.15) is 44.6 Å². The summed E-state index contributed by atoms with van der Waals surface area (Å²) in [4.78, 5) is 46.2. The van der Waals surface area contributed by atoms with Crippen LogP contribution in [0.3, 0.4) is 0 Å². The molecule has 1 fully saturated rings.